The van der Waals surface area contributed by atoms with E-state index in [1.54, 1.807) is 30.3 Å². The van der Waals surface area contributed by atoms with Crippen LogP contribution in [0.25, 0.3) is 22.4 Å². The molecule has 3 heterocycles. The van der Waals surface area contributed by atoms with Crippen LogP contribution >= 0.6 is 11.6 Å². The number of likely N-dealkylation sites (N-methyl/N-ethyl adjacent to an activating group) is 1. The summed E-state index contributed by atoms with van der Waals surface area (Å²) < 4.78 is 33.2. The molecule has 1 atom stereocenters. The van der Waals surface area contributed by atoms with Crippen molar-refractivity contribution >= 4 is 44.3 Å². The topological polar surface area (TPSA) is 148 Å². The van der Waals surface area contributed by atoms with Gasteiger partial charge in [-0.05, 0) is 30.3 Å². The lowest BCUT2D eigenvalue weighted by Crippen LogP contribution is -2.36. The summed E-state index contributed by atoms with van der Waals surface area (Å²) in [5, 5.41) is 20.9. The van der Waals surface area contributed by atoms with Crippen molar-refractivity contribution in [3.63, 3.8) is 0 Å². The molecule has 34 heavy (non-hydrogen) atoms. The molecule has 176 valence electrons. The molecule has 13 heteroatoms. The highest BCUT2D eigenvalue weighted by atomic mass is 35.5. The standard InChI is InChI=1S/C21H18ClN5O6S/c1-27(26-14-7-5-13(22)6-8-14)21(29)19(28)15-4-3-9-23-17(15)18-20-12(11-24-25-18)10-16(32-20)33-34(2,30)31/h3-11,19,26,28H,1-2H3. The highest BCUT2D eigenvalue weighted by Gasteiger charge is 2.27. The number of aromatic nitrogens is 3. The number of nitrogens with zero attached hydrogens (tertiary/aromatic N) is 4. The van der Waals surface area contributed by atoms with Crippen molar-refractivity contribution in [2.24, 2.45) is 0 Å². The van der Waals surface area contributed by atoms with E-state index < -0.39 is 22.1 Å². The fourth-order valence-electron chi connectivity index (χ4n) is 3.13. The van der Waals surface area contributed by atoms with Crippen LogP contribution in [0, 0.1) is 0 Å². The molecule has 4 aromatic rings. The van der Waals surface area contributed by atoms with Gasteiger partial charge in [-0.15, -0.1) is 5.10 Å². The van der Waals surface area contributed by atoms with E-state index in [0.29, 0.717) is 16.1 Å². The first-order valence-electron chi connectivity index (χ1n) is 9.70. The van der Waals surface area contributed by atoms with Crippen LogP contribution in [-0.4, -0.2) is 52.9 Å². The van der Waals surface area contributed by atoms with Gasteiger partial charge in [0.25, 0.3) is 5.91 Å². The zero-order valence-corrected chi connectivity index (χ0v) is 19.4. The molecule has 11 nitrogen and oxygen atoms in total. The highest BCUT2D eigenvalue weighted by Crippen LogP contribution is 2.34. The number of fused-ring (bicyclic) bond motifs is 1. The van der Waals surface area contributed by atoms with E-state index in [9.17, 15) is 18.3 Å². The molecule has 2 N–H and O–H groups in total. The van der Waals surface area contributed by atoms with Crippen LogP contribution in [0.3, 0.4) is 0 Å². The second-order valence-corrected chi connectivity index (χ2v) is 9.20. The van der Waals surface area contributed by atoms with Crippen LogP contribution in [0.5, 0.6) is 5.95 Å². The third-order valence-electron chi connectivity index (χ3n) is 4.60. The molecule has 0 aliphatic carbocycles. The molecule has 1 amide bonds. The Morgan fingerprint density at radius 2 is 1.97 bits per heavy atom. The molecule has 0 fully saturated rings. The smallest absolute Gasteiger partial charge is 0.308 e. The van der Waals surface area contributed by atoms with Crippen molar-refractivity contribution in [1.82, 2.24) is 20.2 Å². The predicted molar refractivity (Wildman–Crippen MR) is 123 cm³/mol. The third-order valence-corrected chi connectivity index (χ3v) is 5.32. The number of rotatable bonds is 7. The molecular weight excluding hydrogens is 486 g/mol. The molecule has 0 bridgehead atoms. The summed E-state index contributed by atoms with van der Waals surface area (Å²) in [5.41, 5.74) is 3.93. The van der Waals surface area contributed by atoms with Crippen molar-refractivity contribution in [1.29, 1.82) is 0 Å². The maximum atomic E-state index is 12.9. The van der Waals surface area contributed by atoms with E-state index in [1.165, 1.54) is 31.6 Å². The fraction of sp³-hybridized carbons (Fsp3) is 0.143. The normalized spacial score (nSPS) is 12.4. The van der Waals surface area contributed by atoms with Gasteiger partial charge in [-0.1, -0.05) is 17.7 Å². The number of hydrogen-bond donors (Lipinski definition) is 2. The van der Waals surface area contributed by atoms with Crippen LogP contribution in [0.1, 0.15) is 11.7 Å². The largest absolute Gasteiger partial charge is 0.422 e. The summed E-state index contributed by atoms with van der Waals surface area (Å²) in [6.45, 7) is 0. The monoisotopic (exact) mass is 503 g/mol. The Labute approximate surface area is 199 Å². The maximum absolute atomic E-state index is 12.9. The van der Waals surface area contributed by atoms with Gasteiger partial charge < -0.3 is 13.7 Å². The van der Waals surface area contributed by atoms with E-state index in [-0.39, 0.29) is 28.5 Å². The molecule has 1 unspecified atom stereocenters. The molecule has 0 spiro atoms. The van der Waals surface area contributed by atoms with Crippen LogP contribution in [-0.2, 0) is 14.9 Å². The summed E-state index contributed by atoms with van der Waals surface area (Å²) in [7, 11) is -2.37. The Balaban J connectivity index is 1.67. The average Bonchev–Trinajstić information content (AvgIpc) is 3.20. The number of halogens is 1. The summed E-state index contributed by atoms with van der Waals surface area (Å²) >= 11 is 5.88. The Bertz CT molecular complexity index is 1460. The number of benzene rings is 1. The number of aliphatic hydroxyl groups excluding tert-OH is 1. The zero-order valence-electron chi connectivity index (χ0n) is 17.8. The minimum atomic E-state index is -3.83. The number of aliphatic hydroxyl groups is 1. The van der Waals surface area contributed by atoms with Gasteiger partial charge in [0.1, 0.15) is 5.69 Å². The average molecular weight is 504 g/mol. The van der Waals surface area contributed by atoms with Crippen LogP contribution in [0.15, 0.2) is 59.3 Å². The van der Waals surface area contributed by atoms with Crippen molar-refractivity contribution in [3.05, 3.63) is 65.4 Å². The first-order chi connectivity index (χ1) is 16.1. The van der Waals surface area contributed by atoms with Crippen LogP contribution in [0.2, 0.25) is 5.02 Å². The SMILES string of the molecule is CN(Nc1ccc(Cl)cc1)C(=O)C(O)c1cccnc1-c1nncc2cc(OS(C)(=O)=O)oc12. The number of furan rings is 1. The number of pyridine rings is 1. The van der Waals surface area contributed by atoms with Crippen molar-refractivity contribution in [3.8, 4) is 17.3 Å². The Morgan fingerprint density at radius 1 is 1.24 bits per heavy atom. The quantitative estimate of drug-likeness (QED) is 0.285. The van der Waals surface area contributed by atoms with E-state index in [2.05, 4.69) is 20.6 Å². The van der Waals surface area contributed by atoms with Gasteiger partial charge in [0, 0.05) is 35.3 Å². The third kappa shape index (κ3) is 5.09. The molecule has 0 aliphatic rings. The Morgan fingerprint density at radius 3 is 2.68 bits per heavy atom. The first kappa shape index (κ1) is 23.4. The number of hydrogen-bond acceptors (Lipinski definition) is 10. The maximum Gasteiger partial charge on any atom is 0.308 e. The second kappa shape index (κ2) is 9.25. The number of carbonyl (C=O) groups is 1. The molecular formula is C21H18ClN5O6S. The predicted octanol–water partition coefficient (Wildman–Crippen LogP) is 2.80. The summed E-state index contributed by atoms with van der Waals surface area (Å²) in [6.07, 6.45) is 2.06. The summed E-state index contributed by atoms with van der Waals surface area (Å²) in [5.74, 6) is -0.959. The van der Waals surface area contributed by atoms with Gasteiger partial charge in [0.2, 0.25) is 0 Å². The lowest BCUT2D eigenvalue weighted by Gasteiger charge is -2.23. The number of hydrazine groups is 1. The van der Waals surface area contributed by atoms with E-state index in [4.69, 9.17) is 20.2 Å². The minimum absolute atomic E-state index is 0.0941. The Hall–Kier alpha value is -3.74. The fourth-order valence-corrected chi connectivity index (χ4v) is 3.63. The number of carbonyl (C=O) groups excluding carboxylic acids is 1. The second-order valence-electron chi connectivity index (χ2n) is 7.19. The van der Waals surface area contributed by atoms with Gasteiger partial charge in [-0.3, -0.25) is 20.2 Å². The van der Waals surface area contributed by atoms with E-state index in [0.717, 1.165) is 11.3 Å². The van der Waals surface area contributed by atoms with Crippen LogP contribution < -0.4 is 9.61 Å². The van der Waals surface area contributed by atoms with Gasteiger partial charge in [-0.25, -0.2) is 0 Å². The molecule has 0 saturated carbocycles. The van der Waals surface area contributed by atoms with Gasteiger partial charge in [0.05, 0.1) is 18.1 Å². The summed E-state index contributed by atoms with van der Waals surface area (Å²) in [4.78, 5) is 17.2. The highest BCUT2D eigenvalue weighted by molar-refractivity contribution is 7.86. The number of nitrogens with one attached hydrogen (secondary N) is 1. The van der Waals surface area contributed by atoms with Crippen molar-refractivity contribution in [2.45, 2.75) is 6.10 Å². The van der Waals surface area contributed by atoms with Gasteiger partial charge in [0.15, 0.2) is 17.4 Å². The number of anilines is 1. The molecule has 0 aliphatic heterocycles. The molecule has 0 radical (unpaired) electrons. The van der Waals surface area contributed by atoms with Crippen molar-refractivity contribution < 1.29 is 26.9 Å². The van der Waals surface area contributed by atoms with E-state index in [1.807, 2.05) is 0 Å². The lowest BCUT2D eigenvalue weighted by atomic mass is 10.0. The summed E-state index contributed by atoms with van der Waals surface area (Å²) in [6, 6.07) is 11.1. The first-order valence-corrected chi connectivity index (χ1v) is 11.9. The zero-order chi connectivity index (χ0) is 24.5. The molecule has 0 saturated heterocycles. The molecule has 4 rings (SSSR count). The van der Waals surface area contributed by atoms with E-state index >= 15 is 0 Å². The lowest BCUT2D eigenvalue weighted by molar-refractivity contribution is -0.137. The number of amides is 1. The van der Waals surface area contributed by atoms with Gasteiger partial charge >= 0.3 is 16.1 Å². The van der Waals surface area contributed by atoms with Crippen molar-refractivity contribution in [2.75, 3.05) is 18.7 Å². The van der Waals surface area contributed by atoms with Gasteiger partial charge in [-0.2, -0.15) is 13.5 Å². The minimum Gasteiger partial charge on any atom is -0.422 e. The molecule has 1 aromatic carbocycles. The Kier molecular flexibility index (Phi) is 6.37. The molecule has 3 aromatic heterocycles. The van der Waals surface area contributed by atoms with Crippen LogP contribution in [0.4, 0.5) is 5.69 Å².